The van der Waals surface area contributed by atoms with Crippen molar-refractivity contribution in [2.75, 3.05) is 7.11 Å². The van der Waals surface area contributed by atoms with Crippen LogP contribution in [0.15, 0.2) is 59.4 Å². The summed E-state index contributed by atoms with van der Waals surface area (Å²) in [6.45, 7) is 0.484. The van der Waals surface area contributed by atoms with Gasteiger partial charge in [0.15, 0.2) is 5.82 Å². The van der Waals surface area contributed by atoms with E-state index in [0.717, 1.165) is 16.9 Å². The summed E-state index contributed by atoms with van der Waals surface area (Å²) in [5, 5.41) is 6.63. The predicted octanol–water partition coefficient (Wildman–Crippen LogP) is 2.30. The average molecular weight is 281 g/mol. The van der Waals surface area contributed by atoms with Crippen molar-refractivity contribution >= 4 is 0 Å². The van der Waals surface area contributed by atoms with E-state index >= 15 is 0 Å². The van der Waals surface area contributed by atoms with E-state index in [4.69, 9.17) is 4.74 Å². The molecular formula is C16H15N3O2. The number of benzene rings is 2. The van der Waals surface area contributed by atoms with Gasteiger partial charge in [0, 0.05) is 5.56 Å². The Morgan fingerprint density at radius 1 is 1.10 bits per heavy atom. The maximum absolute atomic E-state index is 12.0. The van der Waals surface area contributed by atoms with Gasteiger partial charge in [-0.25, -0.2) is 9.89 Å². The molecule has 0 saturated carbocycles. The van der Waals surface area contributed by atoms with E-state index in [-0.39, 0.29) is 5.69 Å². The van der Waals surface area contributed by atoms with Gasteiger partial charge in [-0.05, 0) is 29.8 Å². The molecule has 0 aliphatic rings. The average Bonchev–Trinajstić information content (AvgIpc) is 2.90. The molecule has 5 nitrogen and oxygen atoms in total. The molecule has 0 radical (unpaired) electrons. The number of aromatic nitrogens is 3. The van der Waals surface area contributed by atoms with E-state index in [1.165, 1.54) is 0 Å². The van der Waals surface area contributed by atoms with Crippen molar-refractivity contribution in [3.63, 3.8) is 0 Å². The van der Waals surface area contributed by atoms with Crippen LogP contribution in [0.25, 0.3) is 11.4 Å². The molecule has 0 bridgehead atoms. The molecule has 0 amide bonds. The van der Waals surface area contributed by atoms with E-state index < -0.39 is 0 Å². The zero-order valence-electron chi connectivity index (χ0n) is 11.6. The van der Waals surface area contributed by atoms with E-state index in [0.29, 0.717) is 12.4 Å². The van der Waals surface area contributed by atoms with Crippen molar-refractivity contribution < 1.29 is 4.74 Å². The highest BCUT2D eigenvalue weighted by molar-refractivity contribution is 5.56. The van der Waals surface area contributed by atoms with Crippen LogP contribution in [0.4, 0.5) is 0 Å². The second kappa shape index (κ2) is 5.66. The molecule has 0 spiro atoms. The molecule has 1 heterocycles. The van der Waals surface area contributed by atoms with Crippen LogP contribution in [-0.4, -0.2) is 21.9 Å². The van der Waals surface area contributed by atoms with Gasteiger partial charge in [-0.15, -0.1) is 0 Å². The number of rotatable bonds is 4. The van der Waals surface area contributed by atoms with Crippen LogP contribution < -0.4 is 10.4 Å². The lowest BCUT2D eigenvalue weighted by atomic mass is 10.2. The fraction of sp³-hybridized carbons (Fsp3) is 0.125. The zero-order valence-corrected chi connectivity index (χ0v) is 11.6. The van der Waals surface area contributed by atoms with Crippen LogP contribution in [0, 0.1) is 0 Å². The first kappa shape index (κ1) is 13.2. The number of methoxy groups -OCH3 is 1. The van der Waals surface area contributed by atoms with Crippen molar-refractivity contribution in [3.05, 3.63) is 70.6 Å². The van der Waals surface area contributed by atoms with Crippen LogP contribution in [0.3, 0.4) is 0 Å². The quantitative estimate of drug-likeness (QED) is 0.798. The fourth-order valence-electron chi connectivity index (χ4n) is 2.19. The zero-order chi connectivity index (χ0) is 14.7. The molecule has 0 unspecified atom stereocenters. The van der Waals surface area contributed by atoms with Crippen LogP contribution in [0.2, 0.25) is 0 Å². The minimum absolute atomic E-state index is 0.218. The monoisotopic (exact) mass is 281 g/mol. The number of hydrogen-bond acceptors (Lipinski definition) is 3. The standard InChI is InChI=1S/C16H15N3O2/c1-21-14-9-7-13(8-10-14)15-17-18-16(20)19(15)11-12-5-3-2-4-6-12/h2-10H,11H2,1H3,(H,18,20). The highest BCUT2D eigenvalue weighted by atomic mass is 16.5. The maximum Gasteiger partial charge on any atom is 0.343 e. The number of aromatic amines is 1. The summed E-state index contributed by atoms with van der Waals surface area (Å²) in [7, 11) is 1.62. The third-order valence-corrected chi connectivity index (χ3v) is 3.29. The first-order valence-corrected chi connectivity index (χ1v) is 6.61. The van der Waals surface area contributed by atoms with Gasteiger partial charge in [0.2, 0.25) is 0 Å². The third kappa shape index (κ3) is 2.72. The van der Waals surface area contributed by atoms with E-state index in [2.05, 4.69) is 10.2 Å². The van der Waals surface area contributed by atoms with Gasteiger partial charge in [0.25, 0.3) is 0 Å². The van der Waals surface area contributed by atoms with Gasteiger partial charge in [0.1, 0.15) is 5.75 Å². The Hall–Kier alpha value is -2.82. The smallest absolute Gasteiger partial charge is 0.343 e. The molecule has 0 atom stereocenters. The summed E-state index contributed by atoms with van der Waals surface area (Å²) < 4.78 is 6.76. The molecule has 3 aromatic rings. The lowest BCUT2D eigenvalue weighted by molar-refractivity contribution is 0.415. The summed E-state index contributed by atoms with van der Waals surface area (Å²) in [5.74, 6) is 1.39. The Morgan fingerprint density at radius 3 is 2.48 bits per heavy atom. The minimum Gasteiger partial charge on any atom is -0.497 e. The van der Waals surface area contributed by atoms with Gasteiger partial charge in [0.05, 0.1) is 13.7 Å². The van der Waals surface area contributed by atoms with Gasteiger partial charge in [-0.2, -0.15) is 5.10 Å². The van der Waals surface area contributed by atoms with E-state index in [1.807, 2.05) is 54.6 Å². The van der Waals surface area contributed by atoms with Crippen LogP contribution in [-0.2, 0) is 6.54 Å². The number of ether oxygens (including phenoxy) is 1. The fourth-order valence-corrected chi connectivity index (χ4v) is 2.19. The number of hydrogen-bond donors (Lipinski definition) is 1. The second-order valence-electron chi connectivity index (χ2n) is 4.65. The second-order valence-corrected chi connectivity index (χ2v) is 4.65. The summed E-state index contributed by atoms with van der Waals surface area (Å²) in [6.07, 6.45) is 0. The summed E-state index contributed by atoms with van der Waals surface area (Å²) in [6, 6.07) is 17.3. The van der Waals surface area contributed by atoms with Gasteiger partial charge >= 0.3 is 5.69 Å². The Morgan fingerprint density at radius 2 is 1.81 bits per heavy atom. The van der Waals surface area contributed by atoms with Crippen molar-refractivity contribution in [1.82, 2.24) is 14.8 Å². The lowest BCUT2D eigenvalue weighted by Gasteiger charge is -2.06. The van der Waals surface area contributed by atoms with Gasteiger partial charge in [-0.1, -0.05) is 30.3 Å². The topological polar surface area (TPSA) is 59.9 Å². The van der Waals surface area contributed by atoms with Gasteiger partial charge < -0.3 is 4.74 Å². The first-order valence-electron chi connectivity index (χ1n) is 6.61. The number of nitrogens with zero attached hydrogens (tertiary/aromatic N) is 2. The first-order chi connectivity index (χ1) is 10.3. The molecule has 3 rings (SSSR count). The Kier molecular flexibility index (Phi) is 3.55. The van der Waals surface area contributed by atoms with Crippen molar-refractivity contribution in [2.45, 2.75) is 6.54 Å². The van der Waals surface area contributed by atoms with Crippen LogP contribution in [0.5, 0.6) is 5.75 Å². The molecule has 0 saturated heterocycles. The largest absolute Gasteiger partial charge is 0.497 e. The molecule has 1 aromatic heterocycles. The van der Waals surface area contributed by atoms with Crippen LogP contribution in [0.1, 0.15) is 5.56 Å². The maximum atomic E-state index is 12.0. The Balaban J connectivity index is 1.98. The summed E-state index contributed by atoms with van der Waals surface area (Å²) in [4.78, 5) is 12.0. The lowest BCUT2D eigenvalue weighted by Crippen LogP contribution is -2.18. The van der Waals surface area contributed by atoms with Crippen LogP contribution >= 0.6 is 0 Å². The third-order valence-electron chi connectivity index (χ3n) is 3.29. The molecule has 106 valence electrons. The highest BCUT2D eigenvalue weighted by Crippen LogP contribution is 2.20. The molecule has 0 aliphatic carbocycles. The van der Waals surface area contributed by atoms with Crippen molar-refractivity contribution in [1.29, 1.82) is 0 Å². The molecular weight excluding hydrogens is 266 g/mol. The molecule has 2 aromatic carbocycles. The molecule has 0 fully saturated rings. The minimum atomic E-state index is -0.218. The Labute approximate surface area is 121 Å². The molecule has 5 heteroatoms. The predicted molar refractivity (Wildman–Crippen MR) is 80.4 cm³/mol. The molecule has 21 heavy (non-hydrogen) atoms. The van der Waals surface area contributed by atoms with Crippen molar-refractivity contribution in [3.8, 4) is 17.1 Å². The normalized spacial score (nSPS) is 10.5. The summed E-state index contributed by atoms with van der Waals surface area (Å²) >= 11 is 0. The molecule has 0 aliphatic heterocycles. The van der Waals surface area contributed by atoms with E-state index in [9.17, 15) is 4.79 Å². The summed E-state index contributed by atoms with van der Waals surface area (Å²) in [5.41, 5.74) is 1.70. The number of nitrogens with one attached hydrogen (secondary N) is 1. The Bertz CT molecular complexity index is 773. The SMILES string of the molecule is COc1ccc(-c2n[nH]c(=O)n2Cc2ccccc2)cc1. The van der Waals surface area contributed by atoms with E-state index in [1.54, 1.807) is 11.7 Å². The van der Waals surface area contributed by atoms with Crippen molar-refractivity contribution in [2.24, 2.45) is 0 Å². The highest BCUT2D eigenvalue weighted by Gasteiger charge is 2.11. The number of H-pyrrole nitrogens is 1. The molecule has 1 N–H and O–H groups in total. The van der Waals surface area contributed by atoms with Gasteiger partial charge in [-0.3, -0.25) is 4.57 Å².